The molecule has 0 amide bonds. The first kappa shape index (κ1) is 12.0. The zero-order chi connectivity index (χ0) is 12.3. The van der Waals surface area contributed by atoms with E-state index in [1.807, 2.05) is 17.7 Å². The van der Waals surface area contributed by atoms with Gasteiger partial charge in [0, 0.05) is 31.4 Å². The highest BCUT2D eigenvalue weighted by molar-refractivity contribution is 6.31. The summed E-state index contributed by atoms with van der Waals surface area (Å²) in [6.45, 7) is 2.80. The third-order valence-electron chi connectivity index (χ3n) is 2.60. The molecule has 0 aliphatic heterocycles. The maximum atomic E-state index is 6.12. The maximum Gasteiger partial charge on any atom is 0.138 e. The van der Waals surface area contributed by atoms with E-state index >= 15 is 0 Å². The van der Waals surface area contributed by atoms with Gasteiger partial charge in [0.1, 0.15) is 12.2 Å². The molecule has 0 saturated heterocycles. The average Bonchev–Trinajstić information content (AvgIpc) is 2.76. The molecule has 5 nitrogen and oxygen atoms in total. The van der Waals surface area contributed by atoms with Crippen LogP contribution in [0.3, 0.4) is 0 Å². The van der Waals surface area contributed by atoms with Crippen molar-refractivity contribution >= 4 is 11.6 Å². The number of nitrogens with two attached hydrogens (primary N) is 1. The van der Waals surface area contributed by atoms with E-state index in [-0.39, 0.29) is 6.04 Å². The second-order valence-electron chi connectivity index (χ2n) is 3.70. The van der Waals surface area contributed by atoms with Crippen LogP contribution < -0.4 is 5.73 Å². The lowest BCUT2D eigenvalue weighted by atomic mass is 10.1. The van der Waals surface area contributed by atoms with Crippen LogP contribution >= 0.6 is 11.6 Å². The summed E-state index contributed by atoms with van der Waals surface area (Å²) in [6.07, 6.45) is 5.43. The third-order valence-corrected chi connectivity index (χ3v) is 2.92. The second-order valence-corrected chi connectivity index (χ2v) is 4.11. The molecule has 90 valence electrons. The molecule has 0 spiro atoms. The first-order chi connectivity index (χ1) is 8.22. The fourth-order valence-electron chi connectivity index (χ4n) is 1.70. The van der Waals surface area contributed by atoms with E-state index in [0.717, 1.165) is 17.9 Å². The lowest BCUT2D eigenvalue weighted by Gasteiger charge is -2.13. The van der Waals surface area contributed by atoms with Crippen molar-refractivity contribution in [3.05, 3.63) is 41.2 Å². The van der Waals surface area contributed by atoms with E-state index in [1.54, 1.807) is 18.7 Å². The smallest absolute Gasteiger partial charge is 0.138 e. The van der Waals surface area contributed by atoms with Crippen molar-refractivity contribution in [1.29, 1.82) is 0 Å². The van der Waals surface area contributed by atoms with Gasteiger partial charge in [-0.1, -0.05) is 11.6 Å². The largest absolute Gasteiger partial charge is 0.324 e. The SMILES string of the molecule is CCn1ncnc1CC(N)c1ccncc1Cl. The fraction of sp³-hybridized carbons (Fsp3) is 0.364. The van der Waals surface area contributed by atoms with Crippen LogP contribution in [0.15, 0.2) is 24.8 Å². The Labute approximate surface area is 105 Å². The number of hydrogen-bond donors (Lipinski definition) is 1. The van der Waals surface area contributed by atoms with E-state index in [0.29, 0.717) is 11.4 Å². The van der Waals surface area contributed by atoms with E-state index in [4.69, 9.17) is 17.3 Å². The Morgan fingerprint density at radius 2 is 2.35 bits per heavy atom. The van der Waals surface area contributed by atoms with Gasteiger partial charge in [-0.05, 0) is 18.6 Å². The fourth-order valence-corrected chi connectivity index (χ4v) is 1.96. The lowest BCUT2D eigenvalue weighted by molar-refractivity contribution is 0.581. The van der Waals surface area contributed by atoms with Crippen LogP contribution in [-0.4, -0.2) is 19.7 Å². The Morgan fingerprint density at radius 1 is 1.53 bits per heavy atom. The predicted molar refractivity (Wildman–Crippen MR) is 65.6 cm³/mol. The molecular weight excluding hydrogens is 238 g/mol. The second kappa shape index (κ2) is 5.25. The molecule has 0 radical (unpaired) electrons. The molecule has 17 heavy (non-hydrogen) atoms. The summed E-state index contributed by atoms with van der Waals surface area (Å²) in [6, 6.07) is 1.64. The minimum absolute atomic E-state index is 0.194. The molecule has 0 bridgehead atoms. The monoisotopic (exact) mass is 251 g/mol. The number of pyridine rings is 1. The quantitative estimate of drug-likeness (QED) is 0.896. The molecule has 1 unspecified atom stereocenters. The van der Waals surface area contributed by atoms with Crippen LogP contribution in [0.2, 0.25) is 5.02 Å². The number of nitrogens with zero attached hydrogens (tertiary/aromatic N) is 4. The predicted octanol–water partition coefficient (Wildman–Crippen LogP) is 1.59. The van der Waals surface area contributed by atoms with Crippen molar-refractivity contribution in [2.45, 2.75) is 25.9 Å². The van der Waals surface area contributed by atoms with Gasteiger partial charge in [0.15, 0.2) is 0 Å². The number of halogens is 1. The summed E-state index contributed by atoms with van der Waals surface area (Å²) in [5.74, 6) is 0.868. The molecular formula is C11H14ClN5. The van der Waals surface area contributed by atoms with Crippen LogP contribution in [0, 0.1) is 0 Å². The number of aromatic nitrogens is 4. The number of aryl methyl sites for hydroxylation is 1. The molecule has 0 aliphatic carbocycles. The van der Waals surface area contributed by atoms with Crippen molar-refractivity contribution in [2.75, 3.05) is 0 Å². The van der Waals surface area contributed by atoms with Crippen LogP contribution in [0.25, 0.3) is 0 Å². The summed E-state index contributed by atoms with van der Waals surface area (Å²) < 4.78 is 1.83. The van der Waals surface area contributed by atoms with Crippen LogP contribution in [0.4, 0.5) is 0 Å². The summed E-state index contributed by atoms with van der Waals surface area (Å²) in [5, 5.41) is 4.69. The molecule has 2 N–H and O–H groups in total. The van der Waals surface area contributed by atoms with Gasteiger partial charge in [-0.25, -0.2) is 4.98 Å². The van der Waals surface area contributed by atoms with E-state index in [2.05, 4.69) is 15.1 Å². The van der Waals surface area contributed by atoms with Gasteiger partial charge in [0.25, 0.3) is 0 Å². The molecule has 2 aromatic heterocycles. The topological polar surface area (TPSA) is 69.6 Å². The van der Waals surface area contributed by atoms with Gasteiger partial charge in [0.05, 0.1) is 5.02 Å². The first-order valence-electron chi connectivity index (χ1n) is 5.44. The third kappa shape index (κ3) is 2.62. The van der Waals surface area contributed by atoms with Crippen LogP contribution in [0.5, 0.6) is 0 Å². The van der Waals surface area contributed by atoms with Gasteiger partial charge in [-0.15, -0.1) is 0 Å². The highest BCUT2D eigenvalue weighted by atomic mass is 35.5. The van der Waals surface area contributed by atoms with E-state index in [9.17, 15) is 0 Å². The minimum atomic E-state index is -0.194. The zero-order valence-electron chi connectivity index (χ0n) is 9.55. The van der Waals surface area contributed by atoms with Crippen molar-refractivity contribution < 1.29 is 0 Å². The molecule has 2 heterocycles. The van der Waals surface area contributed by atoms with Gasteiger partial charge in [-0.2, -0.15) is 5.10 Å². The highest BCUT2D eigenvalue weighted by Gasteiger charge is 2.14. The van der Waals surface area contributed by atoms with Crippen molar-refractivity contribution in [3.8, 4) is 0 Å². The summed E-state index contributed by atoms with van der Waals surface area (Å²) >= 11 is 6.05. The van der Waals surface area contributed by atoms with Gasteiger partial charge >= 0.3 is 0 Å². The van der Waals surface area contributed by atoms with Crippen LogP contribution in [-0.2, 0) is 13.0 Å². The van der Waals surface area contributed by atoms with Crippen LogP contribution in [0.1, 0.15) is 24.4 Å². The molecule has 6 heteroatoms. The summed E-state index contributed by atoms with van der Waals surface area (Å²) in [7, 11) is 0. The first-order valence-corrected chi connectivity index (χ1v) is 5.81. The molecule has 1 atom stereocenters. The number of rotatable bonds is 4. The van der Waals surface area contributed by atoms with E-state index < -0.39 is 0 Å². The van der Waals surface area contributed by atoms with Gasteiger partial charge in [0.2, 0.25) is 0 Å². The average molecular weight is 252 g/mol. The van der Waals surface area contributed by atoms with Crippen molar-refractivity contribution in [2.24, 2.45) is 5.73 Å². The lowest BCUT2D eigenvalue weighted by Crippen LogP contribution is -2.17. The Kier molecular flexibility index (Phi) is 3.71. The number of hydrogen-bond acceptors (Lipinski definition) is 4. The Bertz CT molecular complexity index is 496. The maximum absolute atomic E-state index is 6.12. The summed E-state index contributed by atoms with van der Waals surface area (Å²) in [5.41, 5.74) is 7.00. The van der Waals surface area contributed by atoms with Gasteiger partial charge in [-0.3, -0.25) is 9.67 Å². The molecule has 2 rings (SSSR count). The molecule has 0 saturated carbocycles. The molecule has 2 aromatic rings. The zero-order valence-corrected chi connectivity index (χ0v) is 10.3. The highest BCUT2D eigenvalue weighted by Crippen LogP contribution is 2.22. The molecule has 0 fully saturated rings. The molecule has 0 aromatic carbocycles. The Balaban J connectivity index is 2.17. The van der Waals surface area contributed by atoms with E-state index in [1.165, 1.54) is 0 Å². The van der Waals surface area contributed by atoms with Gasteiger partial charge < -0.3 is 5.73 Å². The Hall–Kier alpha value is -1.46. The summed E-state index contributed by atoms with van der Waals surface area (Å²) in [4.78, 5) is 8.13. The van der Waals surface area contributed by atoms with Crippen molar-refractivity contribution in [3.63, 3.8) is 0 Å². The Morgan fingerprint density at radius 3 is 3.06 bits per heavy atom. The minimum Gasteiger partial charge on any atom is -0.324 e. The van der Waals surface area contributed by atoms with Crippen molar-refractivity contribution in [1.82, 2.24) is 19.7 Å². The standard InChI is InChI=1S/C11H14ClN5/c1-2-17-11(15-7-16-17)5-10(13)8-3-4-14-6-9(8)12/h3-4,6-7,10H,2,5,13H2,1H3. The molecule has 0 aliphatic rings. The normalized spacial score (nSPS) is 12.6.